The van der Waals surface area contributed by atoms with E-state index in [1.165, 1.54) is 29.7 Å². The highest BCUT2D eigenvalue weighted by molar-refractivity contribution is 6.31. The van der Waals surface area contributed by atoms with Gasteiger partial charge in [0.1, 0.15) is 11.6 Å². The van der Waals surface area contributed by atoms with Gasteiger partial charge in [0.05, 0.1) is 18.5 Å². The Labute approximate surface area is 171 Å². The van der Waals surface area contributed by atoms with Gasteiger partial charge in [-0.3, -0.25) is 0 Å². The lowest BCUT2D eigenvalue weighted by Gasteiger charge is -2.12. The molecule has 0 spiro atoms. The van der Waals surface area contributed by atoms with Crippen molar-refractivity contribution >= 4 is 17.4 Å². The minimum absolute atomic E-state index is 0.773. The highest BCUT2D eigenvalue weighted by atomic mass is 35.5. The van der Waals surface area contributed by atoms with Crippen molar-refractivity contribution in [2.75, 3.05) is 19.0 Å². The number of rotatable bonds is 5. The van der Waals surface area contributed by atoms with E-state index in [1.54, 1.807) is 7.11 Å². The zero-order chi connectivity index (χ0) is 19.5. The zero-order valence-corrected chi connectivity index (χ0v) is 17.2. The topological polar surface area (TPSA) is 39.1 Å². The van der Waals surface area contributed by atoms with E-state index in [2.05, 4.69) is 35.1 Å². The quantitative estimate of drug-likeness (QED) is 0.630. The van der Waals surface area contributed by atoms with Crippen LogP contribution in [-0.2, 0) is 19.3 Å². The molecule has 1 N–H and O–H groups in total. The molecule has 4 nitrogen and oxygen atoms in total. The van der Waals surface area contributed by atoms with E-state index < -0.39 is 0 Å². The Balaban J connectivity index is 1.67. The molecule has 0 radical (unpaired) electrons. The van der Waals surface area contributed by atoms with Crippen LogP contribution in [0.5, 0.6) is 5.75 Å². The van der Waals surface area contributed by atoms with Crippen LogP contribution < -0.4 is 10.1 Å². The molecule has 2 heterocycles. The first-order valence-electron chi connectivity index (χ1n) is 9.90. The second-order valence-corrected chi connectivity index (χ2v) is 7.71. The first kappa shape index (κ1) is 18.9. The van der Waals surface area contributed by atoms with Crippen molar-refractivity contribution in [1.29, 1.82) is 0 Å². The Kier molecular flexibility index (Phi) is 5.58. The van der Waals surface area contributed by atoms with E-state index in [0.29, 0.717) is 0 Å². The summed E-state index contributed by atoms with van der Waals surface area (Å²) in [6.45, 7) is 3.04. The predicted octanol–water partition coefficient (Wildman–Crippen LogP) is 5.38. The molecule has 146 valence electrons. The lowest BCUT2D eigenvalue weighted by atomic mass is 10.0. The SMILES string of the molecule is COc1ccc(CCc2nn(-c3cccc(Cl)c3C)c3c2CCCCN3)cc1. The molecule has 0 fully saturated rings. The van der Waals surface area contributed by atoms with Gasteiger partial charge in [-0.2, -0.15) is 5.10 Å². The van der Waals surface area contributed by atoms with Crippen LogP contribution in [0.4, 0.5) is 5.82 Å². The molecular weight excluding hydrogens is 370 g/mol. The molecule has 0 amide bonds. The number of hydrogen-bond acceptors (Lipinski definition) is 3. The van der Waals surface area contributed by atoms with Gasteiger partial charge in [-0.25, -0.2) is 4.68 Å². The number of methoxy groups -OCH3 is 1. The summed E-state index contributed by atoms with van der Waals surface area (Å²) in [6.07, 6.45) is 5.32. The second kappa shape index (κ2) is 8.27. The number of nitrogens with zero attached hydrogens (tertiary/aromatic N) is 2. The number of nitrogens with one attached hydrogen (secondary N) is 1. The standard InChI is InChI=1S/C23H26ClN3O/c1-16-20(24)7-5-8-22(16)27-23-19(6-3-4-15-25-23)21(26-27)14-11-17-9-12-18(28-2)13-10-17/h5,7-10,12-13,25H,3-4,6,11,14-15H2,1-2H3. The van der Waals surface area contributed by atoms with Gasteiger partial charge in [-0.15, -0.1) is 0 Å². The molecule has 5 heteroatoms. The molecular formula is C23H26ClN3O. The van der Waals surface area contributed by atoms with Crippen molar-refractivity contribution in [3.05, 3.63) is 69.9 Å². The largest absolute Gasteiger partial charge is 0.497 e. The third-order valence-corrected chi connectivity index (χ3v) is 5.90. The Hall–Kier alpha value is -2.46. The molecule has 0 saturated carbocycles. The summed E-state index contributed by atoms with van der Waals surface area (Å²) < 4.78 is 7.32. The third kappa shape index (κ3) is 3.74. The van der Waals surface area contributed by atoms with Gasteiger partial charge in [0.15, 0.2) is 0 Å². The van der Waals surface area contributed by atoms with E-state index in [9.17, 15) is 0 Å². The number of ether oxygens (including phenoxy) is 1. The van der Waals surface area contributed by atoms with E-state index in [4.69, 9.17) is 21.4 Å². The monoisotopic (exact) mass is 395 g/mol. The van der Waals surface area contributed by atoms with Crippen LogP contribution in [0.2, 0.25) is 5.02 Å². The summed E-state index contributed by atoms with van der Waals surface area (Å²) >= 11 is 6.38. The molecule has 0 atom stereocenters. The normalized spacial score (nSPS) is 13.5. The second-order valence-electron chi connectivity index (χ2n) is 7.30. The molecule has 0 bridgehead atoms. The van der Waals surface area contributed by atoms with Gasteiger partial charge in [-0.1, -0.05) is 29.8 Å². The Morgan fingerprint density at radius 2 is 1.93 bits per heavy atom. The molecule has 0 aliphatic carbocycles. The van der Waals surface area contributed by atoms with Crippen LogP contribution >= 0.6 is 11.6 Å². The summed E-state index contributed by atoms with van der Waals surface area (Å²) in [5.74, 6) is 2.02. The average Bonchev–Trinajstić information content (AvgIpc) is 2.89. The summed E-state index contributed by atoms with van der Waals surface area (Å²) in [5, 5.41) is 9.41. The van der Waals surface area contributed by atoms with Crippen LogP contribution in [0.25, 0.3) is 5.69 Å². The highest BCUT2D eigenvalue weighted by Crippen LogP contribution is 2.31. The highest BCUT2D eigenvalue weighted by Gasteiger charge is 2.21. The number of hydrogen-bond donors (Lipinski definition) is 1. The molecule has 1 aliphatic rings. The van der Waals surface area contributed by atoms with E-state index in [-0.39, 0.29) is 0 Å². The van der Waals surface area contributed by atoms with E-state index >= 15 is 0 Å². The Morgan fingerprint density at radius 1 is 1.11 bits per heavy atom. The lowest BCUT2D eigenvalue weighted by molar-refractivity contribution is 0.414. The number of benzene rings is 2. The summed E-state index contributed by atoms with van der Waals surface area (Å²) in [4.78, 5) is 0. The molecule has 0 unspecified atom stereocenters. The van der Waals surface area contributed by atoms with Crippen molar-refractivity contribution in [1.82, 2.24) is 9.78 Å². The molecule has 28 heavy (non-hydrogen) atoms. The smallest absolute Gasteiger partial charge is 0.133 e. The molecule has 2 aromatic carbocycles. The average molecular weight is 396 g/mol. The Bertz CT molecular complexity index is 963. The Morgan fingerprint density at radius 3 is 2.71 bits per heavy atom. The van der Waals surface area contributed by atoms with Crippen molar-refractivity contribution in [3.8, 4) is 11.4 Å². The van der Waals surface area contributed by atoms with Gasteiger partial charge < -0.3 is 10.1 Å². The fourth-order valence-electron chi connectivity index (χ4n) is 3.83. The minimum Gasteiger partial charge on any atom is -0.497 e. The molecule has 1 aliphatic heterocycles. The first-order valence-corrected chi connectivity index (χ1v) is 10.3. The van der Waals surface area contributed by atoms with E-state index in [0.717, 1.165) is 53.6 Å². The van der Waals surface area contributed by atoms with Gasteiger partial charge in [0, 0.05) is 17.1 Å². The fraction of sp³-hybridized carbons (Fsp3) is 0.348. The molecule has 0 saturated heterocycles. The number of halogens is 1. The number of anilines is 1. The number of aromatic nitrogens is 2. The van der Waals surface area contributed by atoms with Crippen molar-refractivity contribution in [2.45, 2.75) is 39.0 Å². The molecule has 4 rings (SSSR count). The van der Waals surface area contributed by atoms with Crippen LogP contribution in [0, 0.1) is 6.92 Å². The van der Waals surface area contributed by atoms with Gasteiger partial charge >= 0.3 is 0 Å². The van der Waals surface area contributed by atoms with Crippen LogP contribution in [0.15, 0.2) is 42.5 Å². The maximum Gasteiger partial charge on any atom is 0.133 e. The van der Waals surface area contributed by atoms with Crippen molar-refractivity contribution in [3.63, 3.8) is 0 Å². The summed E-state index contributed by atoms with van der Waals surface area (Å²) in [5.41, 5.74) is 5.94. The van der Waals surface area contributed by atoms with Crippen molar-refractivity contribution in [2.24, 2.45) is 0 Å². The van der Waals surface area contributed by atoms with E-state index in [1.807, 2.05) is 24.3 Å². The summed E-state index contributed by atoms with van der Waals surface area (Å²) in [6, 6.07) is 14.3. The molecule has 3 aromatic rings. The maximum atomic E-state index is 6.38. The fourth-order valence-corrected chi connectivity index (χ4v) is 4.00. The minimum atomic E-state index is 0.773. The molecule has 1 aromatic heterocycles. The lowest BCUT2D eigenvalue weighted by Crippen LogP contribution is -2.08. The van der Waals surface area contributed by atoms with Crippen molar-refractivity contribution < 1.29 is 4.74 Å². The number of fused-ring (bicyclic) bond motifs is 1. The van der Waals surface area contributed by atoms with Gasteiger partial charge in [0.25, 0.3) is 0 Å². The van der Waals surface area contributed by atoms with Crippen LogP contribution in [0.1, 0.15) is 35.2 Å². The van der Waals surface area contributed by atoms with Crippen LogP contribution in [-0.4, -0.2) is 23.4 Å². The van der Waals surface area contributed by atoms with Crippen LogP contribution in [0.3, 0.4) is 0 Å². The summed E-state index contributed by atoms with van der Waals surface area (Å²) in [7, 11) is 1.70. The number of aryl methyl sites for hydroxylation is 2. The van der Waals surface area contributed by atoms with Gasteiger partial charge in [-0.05, 0) is 74.4 Å². The maximum absolute atomic E-state index is 6.38. The third-order valence-electron chi connectivity index (χ3n) is 5.49. The predicted molar refractivity (Wildman–Crippen MR) is 115 cm³/mol. The zero-order valence-electron chi connectivity index (χ0n) is 16.5. The van der Waals surface area contributed by atoms with Gasteiger partial charge in [0.2, 0.25) is 0 Å². The first-order chi connectivity index (χ1) is 13.7.